The summed E-state index contributed by atoms with van der Waals surface area (Å²) in [6.07, 6.45) is 4.25. The summed E-state index contributed by atoms with van der Waals surface area (Å²) in [5, 5.41) is 2.84. The molecule has 0 heterocycles. The number of hydrogen-bond donors (Lipinski definition) is 3. The Morgan fingerprint density at radius 2 is 1.75 bits per heavy atom. The molecule has 20 heavy (non-hydrogen) atoms. The second-order valence-electron chi connectivity index (χ2n) is 5.01. The smallest absolute Gasteiger partial charge is 0.338 e. The van der Waals surface area contributed by atoms with E-state index in [0.717, 1.165) is 25.7 Å². The van der Waals surface area contributed by atoms with Crippen LogP contribution in [0.3, 0.4) is 0 Å². The summed E-state index contributed by atoms with van der Waals surface area (Å²) in [5.41, 5.74) is 12.2. The number of carbonyl (C=O) groups is 2. The van der Waals surface area contributed by atoms with Gasteiger partial charge in [-0.2, -0.15) is 0 Å². The number of esters is 1. The van der Waals surface area contributed by atoms with E-state index in [1.54, 1.807) is 6.07 Å². The van der Waals surface area contributed by atoms with Gasteiger partial charge in [-0.05, 0) is 31.0 Å². The molecule has 0 aromatic heterocycles. The summed E-state index contributed by atoms with van der Waals surface area (Å²) in [6, 6.07) is 4.69. The minimum atomic E-state index is -0.606. The molecule has 1 aliphatic rings. The van der Waals surface area contributed by atoms with Crippen molar-refractivity contribution in [1.29, 1.82) is 0 Å². The van der Waals surface area contributed by atoms with E-state index in [-0.39, 0.29) is 24.1 Å². The van der Waals surface area contributed by atoms with Gasteiger partial charge in [0.25, 0.3) is 5.91 Å². The average Bonchev–Trinajstić information content (AvgIpc) is 2.87. The fourth-order valence-corrected chi connectivity index (χ4v) is 2.35. The van der Waals surface area contributed by atoms with Gasteiger partial charge < -0.3 is 21.5 Å². The van der Waals surface area contributed by atoms with Gasteiger partial charge in [-0.15, -0.1) is 0 Å². The molecule has 0 atom stereocenters. The van der Waals surface area contributed by atoms with Crippen LogP contribution in [-0.4, -0.2) is 24.5 Å². The van der Waals surface area contributed by atoms with E-state index < -0.39 is 5.97 Å². The molecule has 5 N–H and O–H groups in total. The highest BCUT2D eigenvalue weighted by atomic mass is 16.5. The van der Waals surface area contributed by atoms with Crippen LogP contribution in [-0.2, 0) is 9.53 Å². The highest BCUT2D eigenvalue weighted by Gasteiger charge is 2.18. The predicted octanol–water partition coefficient (Wildman–Crippen LogP) is 1.07. The number of benzene rings is 1. The normalized spacial score (nSPS) is 15.0. The van der Waals surface area contributed by atoms with Gasteiger partial charge in [0.05, 0.1) is 5.56 Å². The second-order valence-corrected chi connectivity index (χ2v) is 5.01. The first-order valence-electron chi connectivity index (χ1n) is 6.67. The molecular formula is C14H19N3O3. The molecule has 0 radical (unpaired) electrons. The third-order valence-electron chi connectivity index (χ3n) is 3.27. The van der Waals surface area contributed by atoms with E-state index >= 15 is 0 Å². The number of nitrogen functional groups attached to an aromatic ring is 2. The van der Waals surface area contributed by atoms with Gasteiger partial charge in [0.15, 0.2) is 6.61 Å². The molecule has 1 aromatic carbocycles. The van der Waals surface area contributed by atoms with Crippen LogP contribution >= 0.6 is 0 Å². The zero-order valence-electron chi connectivity index (χ0n) is 11.2. The number of anilines is 2. The van der Waals surface area contributed by atoms with Gasteiger partial charge in [-0.1, -0.05) is 12.8 Å². The van der Waals surface area contributed by atoms with E-state index in [4.69, 9.17) is 16.2 Å². The van der Waals surface area contributed by atoms with Crippen LogP contribution in [0.25, 0.3) is 0 Å². The standard InChI is InChI=1S/C14H19N3O3/c15-10-5-9(6-11(16)7-10)14(19)20-8-13(18)17-12-3-1-2-4-12/h5-7,12H,1-4,8,15-16H2,(H,17,18). The zero-order chi connectivity index (χ0) is 14.5. The molecule has 0 unspecified atom stereocenters. The van der Waals surface area contributed by atoms with E-state index in [9.17, 15) is 9.59 Å². The van der Waals surface area contributed by atoms with Gasteiger partial charge in [0, 0.05) is 17.4 Å². The summed E-state index contributed by atoms with van der Waals surface area (Å²) in [4.78, 5) is 23.4. The summed E-state index contributed by atoms with van der Waals surface area (Å²) in [7, 11) is 0. The first-order valence-corrected chi connectivity index (χ1v) is 6.67. The minimum absolute atomic E-state index is 0.212. The van der Waals surface area contributed by atoms with Crippen molar-refractivity contribution in [3.05, 3.63) is 23.8 Å². The van der Waals surface area contributed by atoms with Crippen LogP contribution < -0.4 is 16.8 Å². The van der Waals surface area contributed by atoms with Crippen LogP contribution in [0.2, 0.25) is 0 Å². The summed E-state index contributed by atoms with van der Waals surface area (Å²) in [6.45, 7) is -0.288. The quantitative estimate of drug-likeness (QED) is 0.563. The molecule has 1 aliphatic carbocycles. The van der Waals surface area contributed by atoms with E-state index in [0.29, 0.717) is 11.4 Å². The Kier molecular flexibility index (Phi) is 4.45. The molecule has 1 fully saturated rings. The van der Waals surface area contributed by atoms with Crippen molar-refractivity contribution in [2.45, 2.75) is 31.7 Å². The third-order valence-corrected chi connectivity index (χ3v) is 3.27. The molecule has 108 valence electrons. The lowest BCUT2D eigenvalue weighted by atomic mass is 10.2. The van der Waals surface area contributed by atoms with Crippen molar-refractivity contribution in [1.82, 2.24) is 5.32 Å². The molecule has 1 saturated carbocycles. The van der Waals surface area contributed by atoms with E-state index in [2.05, 4.69) is 5.32 Å². The average molecular weight is 277 g/mol. The molecule has 0 spiro atoms. The maximum absolute atomic E-state index is 11.8. The topological polar surface area (TPSA) is 107 Å². The first-order chi connectivity index (χ1) is 9.54. The first kappa shape index (κ1) is 14.2. The summed E-state index contributed by atoms with van der Waals surface area (Å²) in [5.74, 6) is -0.882. The molecule has 0 bridgehead atoms. The van der Waals surface area contributed by atoms with Gasteiger partial charge in [-0.25, -0.2) is 4.79 Å². The molecule has 0 saturated heterocycles. The van der Waals surface area contributed by atoms with Crippen molar-refractivity contribution < 1.29 is 14.3 Å². The Morgan fingerprint density at radius 3 is 2.35 bits per heavy atom. The Morgan fingerprint density at radius 1 is 1.15 bits per heavy atom. The minimum Gasteiger partial charge on any atom is -0.452 e. The maximum Gasteiger partial charge on any atom is 0.338 e. The molecule has 6 nitrogen and oxygen atoms in total. The Balaban J connectivity index is 1.83. The Hall–Kier alpha value is -2.24. The number of nitrogens with two attached hydrogens (primary N) is 2. The fourth-order valence-electron chi connectivity index (χ4n) is 2.35. The van der Waals surface area contributed by atoms with Crippen molar-refractivity contribution in [2.24, 2.45) is 0 Å². The molecule has 1 amide bonds. The van der Waals surface area contributed by atoms with Gasteiger partial charge in [-0.3, -0.25) is 4.79 Å². The molecule has 1 aromatic rings. The molecule has 0 aliphatic heterocycles. The SMILES string of the molecule is Nc1cc(N)cc(C(=O)OCC(=O)NC2CCCC2)c1. The zero-order valence-corrected chi connectivity index (χ0v) is 11.2. The number of nitrogens with one attached hydrogen (secondary N) is 1. The Bertz CT molecular complexity index is 490. The number of rotatable bonds is 4. The number of amides is 1. The van der Waals surface area contributed by atoms with Crippen LogP contribution in [0.5, 0.6) is 0 Å². The van der Waals surface area contributed by atoms with E-state index in [1.165, 1.54) is 12.1 Å². The lowest BCUT2D eigenvalue weighted by Crippen LogP contribution is -2.35. The summed E-state index contributed by atoms with van der Waals surface area (Å²) < 4.78 is 4.95. The van der Waals surface area contributed by atoms with Gasteiger partial charge in [0.2, 0.25) is 0 Å². The van der Waals surface area contributed by atoms with Crippen LogP contribution in [0, 0.1) is 0 Å². The number of hydrogen-bond acceptors (Lipinski definition) is 5. The van der Waals surface area contributed by atoms with Crippen molar-refractivity contribution in [3.63, 3.8) is 0 Å². The van der Waals surface area contributed by atoms with Crippen molar-refractivity contribution in [2.75, 3.05) is 18.1 Å². The summed E-state index contributed by atoms with van der Waals surface area (Å²) >= 11 is 0. The fraction of sp³-hybridized carbons (Fsp3) is 0.429. The van der Waals surface area contributed by atoms with Crippen molar-refractivity contribution >= 4 is 23.3 Å². The lowest BCUT2D eigenvalue weighted by molar-refractivity contribution is -0.124. The molecule has 6 heteroatoms. The third kappa shape index (κ3) is 3.88. The van der Waals surface area contributed by atoms with Crippen LogP contribution in [0.15, 0.2) is 18.2 Å². The monoisotopic (exact) mass is 277 g/mol. The predicted molar refractivity (Wildman–Crippen MR) is 75.9 cm³/mol. The highest BCUT2D eigenvalue weighted by Crippen LogP contribution is 2.17. The van der Waals surface area contributed by atoms with Crippen LogP contribution in [0.4, 0.5) is 11.4 Å². The van der Waals surface area contributed by atoms with Gasteiger partial charge >= 0.3 is 5.97 Å². The van der Waals surface area contributed by atoms with E-state index in [1.807, 2.05) is 0 Å². The number of ether oxygens (including phenoxy) is 1. The highest BCUT2D eigenvalue weighted by molar-refractivity contribution is 5.93. The van der Waals surface area contributed by atoms with Gasteiger partial charge in [0.1, 0.15) is 0 Å². The second kappa shape index (κ2) is 6.27. The number of carbonyl (C=O) groups excluding carboxylic acids is 2. The van der Waals surface area contributed by atoms with Crippen LogP contribution in [0.1, 0.15) is 36.0 Å². The Labute approximate surface area is 117 Å². The molecular weight excluding hydrogens is 258 g/mol. The lowest BCUT2D eigenvalue weighted by Gasteiger charge is -2.12. The largest absolute Gasteiger partial charge is 0.452 e. The van der Waals surface area contributed by atoms with Crippen molar-refractivity contribution in [3.8, 4) is 0 Å². The maximum atomic E-state index is 11.8. The molecule has 2 rings (SSSR count).